The van der Waals surface area contributed by atoms with Crippen LogP contribution >= 0.6 is 11.3 Å². The molecular weight excluding hydrogens is 284 g/mol. The van der Waals surface area contributed by atoms with Gasteiger partial charge in [0.2, 0.25) is 0 Å². The van der Waals surface area contributed by atoms with E-state index in [1.807, 2.05) is 18.5 Å². The quantitative estimate of drug-likeness (QED) is 0.906. The fourth-order valence-electron chi connectivity index (χ4n) is 3.17. The van der Waals surface area contributed by atoms with Gasteiger partial charge in [-0.1, -0.05) is 0 Å². The summed E-state index contributed by atoms with van der Waals surface area (Å²) in [6.45, 7) is 0.704. The summed E-state index contributed by atoms with van der Waals surface area (Å²) in [5.41, 5.74) is 0.795. The lowest BCUT2D eigenvalue weighted by molar-refractivity contribution is 0.166. The van der Waals surface area contributed by atoms with Crippen molar-refractivity contribution in [3.8, 4) is 0 Å². The number of rotatable bonds is 4. The molecule has 1 fully saturated rings. The largest absolute Gasteiger partial charge is 0.317 e. The normalized spacial score (nSPS) is 23.0. The number of thiophene rings is 1. The second-order valence-electron chi connectivity index (χ2n) is 5.86. The Morgan fingerprint density at radius 3 is 2.90 bits per heavy atom. The number of hydrogen-bond acceptors (Lipinski definition) is 5. The topological polar surface area (TPSA) is 61.0 Å². The molecule has 0 amide bonds. The van der Waals surface area contributed by atoms with Crippen molar-refractivity contribution in [1.29, 1.82) is 0 Å². The second-order valence-corrected chi connectivity index (χ2v) is 6.77. The lowest BCUT2D eigenvalue weighted by Crippen LogP contribution is -2.39. The molecule has 2 heterocycles. The minimum absolute atomic E-state index is 0.0164. The summed E-state index contributed by atoms with van der Waals surface area (Å²) in [7, 11) is 4.17. The maximum absolute atomic E-state index is 12.0. The Bertz CT molecular complexity index is 657. The van der Waals surface area contributed by atoms with E-state index in [0.717, 1.165) is 16.0 Å². The summed E-state index contributed by atoms with van der Waals surface area (Å²) in [6, 6.07) is 3.16. The highest BCUT2D eigenvalue weighted by molar-refractivity contribution is 7.17. The van der Waals surface area contributed by atoms with Gasteiger partial charge in [-0.25, -0.2) is 4.98 Å². The smallest absolute Gasteiger partial charge is 0.268 e. The first-order valence-corrected chi connectivity index (χ1v) is 8.39. The van der Waals surface area contributed by atoms with Crippen LogP contribution in [-0.2, 0) is 6.54 Å². The van der Waals surface area contributed by atoms with Gasteiger partial charge in [0.25, 0.3) is 5.56 Å². The van der Waals surface area contributed by atoms with Gasteiger partial charge in [-0.15, -0.1) is 11.3 Å². The van der Waals surface area contributed by atoms with Crippen molar-refractivity contribution in [1.82, 2.24) is 20.2 Å². The summed E-state index contributed by atoms with van der Waals surface area (Å²) >= 11 is 1.45. The molecule has 0 radical (unpaired) electrons. The Balaban J connectivity index is 1.68. The summed E-state index contributed by atoms with van der Waals surface area (Å²) in [6.07, 6.45) is 4.85. The maximum Gasteiger partial charge on any atom is 0.268 e. The monoisotopic (exact) mass is 306 g/mol. The number of aromatic nitrogens is 2. The molecular formula is C15H22N4OS. The summed E-state index contributed by atoms with van der Waals surface area (Å²) in [4.78, 5) is 21.8. The highest BCUT2D eigenvalue weighted by Crippen LogP contribution is 2.23. The minimum Gasteiger partial charge on any atom is -0.317 e. The second kappa shape index (κ2) is 6.25. The Morgan fingerprint density at radius 1 is 1.43 bits per heavy atom. The predicted octanol–water partition coefficient (Wildman–Crippen LogP) is 1.95. The highest BCUT2D eigenvalue weighted by Gasteiger charge is 2.23. The van der Waals surface area contributed by atoms with E-state index in [1.165, 1.54) is 37.0 Å². The molecule has 2 N–H and O–H groups in total. The van der Waals surface area contributed by atoms with Crippen LogP contribution in [0.1, 0.15) is 31.5 Å². The van der Waals surface area contributed by atoms with Gasteiger partial charge in [-0.2, -0.15) is 0 Å². The molecule has 2 aromatic rings. The molecule has 0 aromatic carbocycles. The van der Waals surface area contributed by atoms with Crippen molar-refractivity contribution in [2.24, 2.45) is 0 Å². The molecule has 1 saturated carbocycles. The molecule has 114 valence electrons. The van der Waals surface area contributed by atoms with Gasteiger partial charge >= 0.3 is 0 Å². The van der Waals surface area contributed by atoms with Gasteiger partial charge in [0.05, 0.1) is 12.1 Å². The number of nitrogens with one attached hydrogen (secondary N) is 2. The third-order valence-corrected chi connectivity index (χ3v) is 5.39. The molecule has 1 aliphatic carbocycles. The first-order valence-electron chi connectivity index (χ1n) is 7.51. The predicted molar refractivity (Wildman–Crippen MR) is 86.8 cm³/mol. The van der Waals surface area contributed by atoms with E-state index in [0.29, 0.717) is 18.6 Å². The fourth-order valence-corrected chi connectivity index (χ4v) is 3.89. The number of aromatic amines is 1. The first-order chi connectivity index (χ1) is 10.2. The summed E-state index contributed by atoms with van der Waals surface area (Å²) in [5.74, 6) is 0.768. The summed E-state index contributed by atoms with van der Waals surface area (Å²) in [5, 5.41) is 5.28. The Labute approximate surface area is 128 Å². The molecule has 1 aliphatic rings. The van der Waals surface area contributed by atoms with Crippen molar-refractivity contribution >= 4 is 21.6 Å². The van der Waals surface area contributed by atoms with E-state index in [-0.39, 0.29) is 5.56 Å². The number of hydrogen-bond donors (Lipinski definition) is 2. The summed E-state index contributed by atoms with van der Waals surface area (Å²) < 4.78 is 0.718. The molecule has 0 saturated heterocycles. The zero-order valence-corrected chi connectivity index (χ0v) is 13.4. The third-order valence-electron chi connectivity index (χ3n) is 4.49. The van der Waals surface area contributed by atoms with Gasteiger partial charge < -0.3 is 10.3 Å². The van der Waals surface area contributed by atoms with E-state index < -0.39 is 0 Å². The number of H-pyrrole nitrogens is 1. The minimum atomic E-state index is -0.0164. The van der Waals surface area contributed by atoms with E-state index in [4.69, 9.17) is 0 Å². The zero-order chi connectivity index (χ0) is 14.8. The van der Waals surface area contributed by atoms with Crippen molar-refractivity contribution in [2.75, 3.05) is 14.1 Å². The Kier molecular flexibility index (Phi) is 4.37. The number of fused-ring (bicyclic) bond motifs is 1. The molecule has 0 aliphatic heterocycles. The highest BCUT2D eigenvalue weighted by atomic mass is 32.1. The van der Waals surface area contributed by atoms with Gasteiger partial charge in [0.1, 0.15) is 10.5 Å². The van der Waals surface area contributed by atoms with Crippen LogP contribution < -0.4 is 10.9 Å². The SMILES string of the molecule is CNC1CCC(N(C)Cc2nc3ccsc3c(=O)[nH]2)CC1. The molecule has 6 heteroatoms. The molecule has 2 aromatic heterocycles. The lowest BCUT2D eigenvalue weighted by atomic mass is 9.90. The molecule has 0 spiro atoms. The van der Waals surface area contributed by atoms with Gasteiger partial charge in [-0.05, 0) is 51.2 Å². The Morgan fingerprint density at radius 2 is 2.19 bits per heavy atom. The van der Waals surface area contributed by atoms with Crippen LogP contribution in [0.15, 0.2) is 16.2 Å². The first kappa shape index (κ1) is 14.7. The van der Waals surface area contributed by atoms with Crippen molar-refractivity contribution < 1.29 is 0 Å². The van der Waals surface area contributed by atoms with Gasteiger partial charge in [-0.3, -0.25) is 9.69 Å². The molecule has 0 bridgehead atoms. The van der Waals surface area contributed by atoms with Crippen LogP contribution in [0, 0.1) is 0 Å². The van der Waals surface area contributed by atoms with E-state index in [9.17, 15) is 4.79 Å². The van der Waals surface area contributed by atoms with Crippen LogP contribution in [0.5, 0.6) is 0 Å². The van der Waals surface area contributed by atoms with E-state index in [2.05, 4.69) is 27.2 Å². The average Bonchev–Trinajstić information content (AvgIpc) is 2.96. The van der Waals surface area contributed by atoms with Crippen LogP contribution in [0.2, 0.25) is 0 Å². The van der Waals surface area contributed by atoms with Gasteiger partial charge in [0.15, 0.2) is 0 Å². The van der Waals surface area contributed by atoms with Crippen molar-refractivity contribution in [2.45, 2.75) is 44.3 Å². The van der Waals surface area contributed by atoms with Crippen molar-refractivity contribution in [3.63, 3.8) is 0 Å². The van der Waals surface area contributed by atoms with Crippen molar-refractivity contribution in [3.05, 3.63) is 27.6 Å². The van der Waals surface area contributed by atoms with Crippen LogP contribution in [0.3, 0.4) is 0 Å². The van der Waals surface area contributed by atoms with E-state index >= 15 is 0 Å². The third kappa shape index (κ3) is 3.17. The van der Waals surface area contributed by atoms with E-state index in [1.54, 1.807) is 0 Å². The van der Waals surface area contributed by atoms with Crippen LogP contribution in [0.25, 0.3) is 10.2 Å². The number of nitrogens with zero attached hydrogens (tertiary/aromatic N) is 2. The maximum atomic E-state index is 12.0. The Hall–Kier alpha value is -1.24. The molecule has 21 heavy (non-hydrogen) atoms. The zero-order valence-electron chi connectivity index (χ0n) is 12.6. The lowest BCUT2D eigenvalue weighted by Gasteiger charge is -2.34. The van der Waals surface area contributed by atoms with Crippen LogP contribution in [0.4, 0.5) is 0 Å². The van der Waals surface area contributed by atoms with Gasteiger partial charge in [0, 0.05) is 12.1 Å². The molecule has 0 unspecified atom stereocenters. The standard InChI is InChI=1S/C15H22N4OS/c1-16-10-3-5-11(6-4-10)19(2)9-13-17-12-7-8-21-14(12)15(20)18-13/h7-8,10-11,16H,3-6,9H2,1-2H3,(H,17,18,20). The molecule has 5 nitrogen and oxygen atoms in total. The fraction of sp³-hybridized carbons (Fsp3) is 0.600. The average molecular weight is 306 g/mol. The molecule has 3 rings (SSSR count). The van der Waals surface area contributed by atoms with Crippen LogP contribution in [-0.4, -0.2) is 41.0 Å². The molecule has 0 atom stereocenters.